The largest absolute Gasteiger partial charge is 0.502 e. The van der Waals surface area contributed by atoms with E-state index >= 15 is 0 Å². The Morgan fingerprint density at radius 1 is 1.31 bits per heavy atom. The van der Waals surface area contributed by atoms with Crippen molar-refractivity contribution in [3.63, 3.8) is 0 Å². The first kappa shape index (κ1) is 24.6. The molecule has 0 bridgehead atoms. The number of pyridine rings is 1. The third-order valence-electron chi connectivity index (χ3n) is 5.99. The molecule has 35 heavy (non-hydrogen) atoms. The monoisotopic (exact) mass is 492 g/mol. The van der Waals surface area contributed by atoms with Gasteiger partial charge >= 0.3 is 0 Å². The Balaban J connectivity index is 1.62. The van der Waals surface area contributed by atoms with Crippen LogP contribution in [0.3, 0.4) is 0 Å². The summed E-state index contributed by atoms with van der Waals surface area (Å²) in [6, 6.07) is 2.91. The van der Waals surface area contributed by atoms with Gasteiger partial charge in [-0.2, -0.15) is 0 Å². The summed E-state index contributed by atoms with van der Waals surface area (Å²) in [5.41, 5.74) is -1.72. The molecule has 0 radical (unpaired) electrons. The first-order valence-electron chi connectivity index (χ1n) is 11.2. The Labute approximate surface area is 199 Å². The maximum atomic E-state index is 13.9. The zero-order chi connectivity index (χ0) is 25.1. The van der Waals surface area contributed by atoms with Crippen molar-refractivity contribution >= 4 is 11.8 Å². The van der Waals surface area contributed by atoms with Gasteiger partial charge in [0.25, 0.3) is 11.8 Å². The van der Waals surface area contributed by atoms with Gasteiger partial charge in [0, 0.05) is 44.6 Å². The fourth-order valence-corrected chi connectivity index (χ4v) is 4.14. The highest BCUT2D eigenvalue weighted by atomic mass is 19.1. The van der Waals surface area contributed by atoms with Crippen LogP contribution in [0.5, 0.6) is 5.75 Å². The van der Waals surface area contributed by atoms with Gasteiger partial charge in [-0.1, -0.05) is 6.07 Å². The zero-order valence-corrected chi connectivity index (χ0v) is 19.1. The van der Waals surface area contributed by atoms with E-state index in [9.17, 15) is 28.3 Å². The summed E-state index contributed by atoms with van der Waals surface area (Å²) in [5.74, 6) is -3.92. The highest BCUT2D eigenvalue weighted by Gasteiger charge is 2.35. The third-order valence-corrected chi connectivity index (χ3v) is 5.99. The van der Waals surface area contributed by atoms with Crippen LogP contribution in [-0.4, -0.2) is 72.7 Å². The number of nitrogens with one attached hydrogen (secondary N) is 1. The smallest absolute Gasteiger partial charge is 0.277 e. The van der Waals surface area contributed by atoms with E-state index in [-0.39, 0.29) is 37.2 Å². The fourth-order valence-electron chi connectivity index (χ4n) is 4.14. The molecule has 0 saturated carbocycles. The van der Waals surface area contributed by atoms with Gasteiger partial charge in [0.2, 0.25) is 5.43 Å². The summed E-state index contributed by atoms with van der Waals surface area (Å²) in [5, 5.41) is 14.7. The van der Waals surface area contributed by atoms with E-state index in [1.807, 2.05) is 0 Å². The molecule has 2 aromatic rings. The molecule has 1 fully saturated rings. The lowest BCUT2D eigenvalue weighted by atomic mass is 10.1. The van der Waals surface area contributed by atoms with Crippen molar-refractivity contribution in [2.24, 2.45) is 0 Å². The number of fused-ring (bicyclic) bond motifs is 1. The number of carbonyl (C=O) groups is 2. The van der Waals surface area contributed by atoms with Crippen LogP contribution in [0.4, 0.5) is 8.78 Å². The first-order valence-corrected chi connectivity index (χ1v) is 11.2. The minimum Gasteiger partial charge on any atom is -0.502 e. The quantitative estimate of drug-likeness (QED) is 0.564. The molecular formula is C23H26F2N4O6. The van der Waals surface area contributed by atoms with Crippen LogP contribution in [-0.2, 0) is 16.0 Å². The number of benzene rings is 1. The SMILES string of the molecule is COCCN1CN(C[C@H]2CCCO2)C(=O)c2c(O)c(=O)c(C(=O)NCc3ccc(F)cc3F)cn21. The first-order chi connectivity index (χ1) is 16.8. The van der Waals surface area contributed by atoms with Crippen molar-refractivity contribution in [3.8, 4) is 5.75 Å². The van der Waals surface area contributed by atoms with Crippen molar-refractivity contribution < 1.29 is 33.0 Å². The molecule has 0 unspecified atom stereocenters. The molecule has 0 aliphatic carbocycles. The standard InChI is InChI=1S/C23H26F2N4O6/c1-34-8-6-28-13-27(11-16-3-2-7-35-16)23(33)19-21(31)20(30)17(12-29(19)28)22(32)26-10-14-4-5-15(24)9-18(14)25/h4-5,9,12,16,31H,2-3,6-8,10-11,13H2,1H3,(H,26,32)/t16-/m1/s1. The summed E-state index contributed by atoms with van der Waals surface area (Å²) in [6.07, 6.45) is 2.72. The molecule has 10 nitrogen and oxygen atoms in total. The van der Waals surface area contributed by atoms with E-state index in [4.69, 9.17) is 9.47 Å². The number of hydrogen-bond acceptors (Lipinski definition) is 7. The van der Waals surface area contributed by atoms with E-state index in [0.29, 0.717) is 25.8 Å². The normalized spacial score (nSPS) is 17.6. The highest BCUT2D eigenvalue weighted by Crippen LogP contribution is 2.23. The number of ether oxygens (including phenoxy) is 2. The second-order valence-electron chi connectivity index (χ2n) is 8.36. The molecule has 1 atom stereocenters. The van der Waals surface area contributed by atoms with E-state index in [2.05, 4.69) is 5.32 Å². The molecule has 4 rings (SSSR count). The van der Waals surface area contributed by atoms with Gasteiger partial charge in [-0.15, -0.1) is 0 Å². The fraction of sp³-hybridized carbons (Fsp3) is 0.435. The summed E-state index contributed by atoms with van der Waals surface area (Å²) in [4.78, 5) is 40.3. The molecule has 2 aliphatic heterocycles. The number of hydrogen-bond donors (Lipinski definition) is 2. The predicted octanol–water partition coefficient (Wildman–Crippen LogP) is 0.939. The molecule has 2 aliphatic rings. The van der Waals surface area contributed by atoms with E-state index in [0.717, 1.165) is 18.9 Å². The number of methoxy groups -OCH3 is 1. The molecule has 1 saturated heterocycles. The van der Waals surface area contributed by atoms with Gasteiger partial charge in [-0.3, -0.25) is 24.1 Å². The molecule has 1 aromatic heterocycles. The molecule has 3 heterocycles. The molecule has 12 heteroatoms. The lowest BCUT2D eigenvalue weighted by Gasteiger charge is -2.40. The highest BCUT2D eigenvalue weighted by molar-refractivity contribution is 5.99. The van der Waals surface area contributed by atoms with Gasteiger partial charge in [0.05, 0.1) is 19.3 Å². The molecule has 2 N–H and O–H groups in total. The minimum atomic E-state index is -1.03. The van der Waals surface area contributed by atoms with Crippen LogP contribution in [0.25, 0.3) is 0 Å². The maximum absolute atomic E-state index is 13.9. The second kappa shape index (κ2) is 10.4. The zero-order valence-electron chi connectivity index (χ0n) is 19.1. The Morgan fingerprint density at radius 2 is 2.11 bits per heavy atom. The molecule has 1 aromatic carbocycles. The van der Waals surface area contributed by atoms with E-state index in [1.165, 1.54) is 28.9 Å². The van der Waals surface area contributed by atoms with Crippen molar-refractivity contribution in [1.82, 2.24) is 14.9 Å². The lowest BCUT2D eigenvalue weighted by Crippen LogP contribution is -2.56. The Hall–Kier alpha value is -3.51. The third kappa shape index (κ3) is 5.13. The van der Waals surface area contributed by atoms with Crippen LogP contribution in [0.1, 0.15) is 39.3 Å². The minimum absolute atomic E-state index is 0.0173. The van der Waals surface area contributed by atoms with Crippen LogP contribution in [0.2, 0.25) is 0 Å². The van der Waals surface area contributed by atoms with Crippen molar-refractivity contribution in [3.05, 3.63) is 63.1 Å². The average molecular weight is 492 g/mol. The topological polar surface area (TPSA) is 113 Å². The van der Waals surface area contributed by atoms with E-state index in [1.54, 1.807) is 5.01 Å². The lowest BCUT2D eigenvalue weighted by molar-refractivity contribution is 0.0449. The van der Waals surface area contributed by atoms with Crippen molar-refractivity contribution in [2.45, 2.75) is 25.5 Å². The second-order valence-corrected chi connectivity index (χ2v) is 8.36. The maximum Gasteiger partial charge on any atom is 0.277 e. The Morgan fingerprint density at radius 3 is 2.80 bits per heavy atom. The Bertz CT molecular complexity index is 1180. The molecule has 0 spiro atoms. The molecular weight excluding hydrogens is 466 g/mol. The van der Waals surface area contributed by atoms with Gasteiger partial charge < -0.3 is 24.8 Å². The average Bonchev–Trinajstić information content (AvgIpc) is 3.34. The predicted molar refractivity (Wildman–Crippen MR) is 120 cm³/mol. The van der Waals surface area contributed by atoms with Gasteiger partial charge in [0.1, 0.15) is 23.9 Å². The number of carbonyl (C=O) groups excluding carboxylic acids is 2. The summed E-state index contributed by atoms with van der Waals surface area (Å²) in [6.45, 7) is 1.29. The number of nitrogens with zero attached hydrogens (tertiary/aromatic N) is 3. The van der Waals surface area contributed by atoms with Gasteiger partial charge in [0.15, 0.2) is 11.4 Å². The summed E-state index contributed by atoms with van der Waals surface area (Å²) < 4.78 is 39.1. The van der Waals surface area contributed by atoms with E-state index < -0.39 is 40.2 Å². The summed E-state index contributed by atoms with van der Waals surface area (Å²) >= 11 is 0. The van der Waals surface area contributed by atoms with Crippen LogP contribution < -0.4 is 15.8 Å². The number of aromatic hydroxyl groups is 1. The number of halogens is 2. The van der Waals surface area contributed by atoms with Crippen LogP contribution >= 0.6 is 0 Å². The molecule has 188 valence electrons. The number of rotatable bonds is 8. The number of amides is 2. The van der Waals surface area contributed by atoms with Crippen molar-refractivity contribution in [2.75, 3.05) is 45.1 Å². The Kier molecular flexibility index (Phi) is 7.31. The van der Waals surface area contributed by atoms with Crippen molar-refractivity contribution in [1.29, 1.82) is 0 Å². The van der Waals surface area contributed by atoms with Gasteiger partial charge in [-0.05, 0) is 18.9 Å². The van der Waals surface area contributed by atoms with Gasteiger partial charge in [-0.25, -0.2) is 8.78 Å². The molecule has 2 amide bonds. The number of aromatic nitrogens is 1. The summed E-state index contributed by atoms with van der Waals surface area (Å²) in [7, 11) is 1.51. The van der Waals surface area contributed by atoms with Crippen LogP contribution in [0.15, 0.2) is 29.2 Å². The van der Waals surface area contributed by atoms with Crippen LogP contribution in [0, 0.1) is 11.6 Å².